The minimum atomic E-state index is -6.59. The first-order chi connectivity index (χ1) is 14.1. The van der Waals surface area contributed by atoms with Gasteiger partial charge in [-0.15, -0.1) is 0 Å². The van der Waals surface area contributed by atoms with Crippen LogP contribution in [-0.2, 0) is 29.2 Å². The highest BCUT2D eigenvalue weighted by Gasteiger charge is 2.67. The van der Waals surface area contributed by atoms with Gasteiger partial charge >= 0.3 is 45.1 Å². The molecule has 0 aliphatic carbocycles. The zero-order valence-electron chi connectivity index (χ0n) is 16.4. The summed E-state index contributed by atoms with van der Waals surface area (Å²) >= 11 is 0. The maximum absolute atomic E-state index is 13.6. The lowest BCUT2D eigenvalue weighted by Crippen LogP contribution is -2.62. The van der Waals surface area contributed by atoms with Gasteiger partial charge in [0.05, 0.1) is 6.61 Å². The normalized spacial score (nSPS) is 15.2. The van der Waals surface area contributed by atoms with Crippen LogP contribution in [0.5, 0.6) is 0 Å². The molecule has 1 amide bonds. The Morgan fingerprint density at radius 1 is 1.09 bits per heavy atom. The molecule has 32 heavy (non-hydrogen) atoms. The number of hydrogen-bond donors (Lipinski definition) is 2. The summed E-state index contributed by atoms with van der Waals surface area (Å²) in [6, 6.07) is 0. The molecule has 0 rings (SSSR count). The average molecular weight is 509 g/mol. The number of ether oxygens (including phenoxy) is 2. The number of hydrogen-bond acceptors (Lipinski definition) is 6. The number of amides is 1. The van der Waals surface area contributed by atoms with Crippen LogP contribution in [0.3, 0.4) is 0 Å². The van der Waals surface area contributed by atoms with E-state index in [0.29, 0.717) is 0 Å². The van der Waals surface area contributed by atoms with Crippen molar-refractivity contribution in [1.82, 2.24) is 5.32 Å². The van der Waals surface area contributed by atoms with Gasteiger partial charge in [0.25, 0.3) is 0 Å². The van der Waals surface area contributed by atoms with Gasteiger partial charge < -0.3 is 14.8 Å². The van der Waals surface area contributed by atoms with Crippen molar-refractivity contribution in [3.63, 3.8) is 0 Å². The maximum atomic E-state index is 13.6. The van der Waals surface area contributed by atoms with Crippen molar-refractivity contribution in [3.8, 4) is 0 Å². The van der Waals surface area contributed by atoms with E-state index >= 15 is 0 Å². The summed E-state index contributed by atoms with van der Waals surface area (Å²) in [6.45, 7) is 3.21. The fraction of sp³-hybridized carbons (Fsp3) is 0.733. The molecule has 0 saturated carbocycles. The van der Waals surface area contributed by atoms with Gasteiger partial charge in [-0.05, 0) is 12.3 Å². The molecule has 0 aromatic heterocycles. The van der Waals surface area contributed by atoms with Crippen LogP contribution in [0.1, 0.15) is 26.7 Å². The van der Waals surface area contributed by atoms with Crippen molar-refractivity contribution in [2.24, 2.45) is 5.92 Å². The predicted molar refractivity (Wildman–Crippen MR) is 89.6 cm³/mol. The van der Waals surface area contributed by atoms with Crippen molar-refractivity contribution >= 4 is 22.0 Å². The van der Waals surface area contributed by atoms with Gasteiger partial charge in [-0.2, -0.15) is 43.5 Å². The summed E-state index contributed by atoms with van der Waals surface area (Å²) in [5.41, 5.74) is 0. The van der Waals surface area contributed by atoms with E-state index in [1.54, 1.807) is 5.32 Å². The van der Waals surface area contributed by atoms with Crippen LogP contribution in [0.4, 0.5) is 35.1 Å². The van der Waals surface area contributed by atoms with Gasteiger partial charge in [0, 0.05) is 13.0 Å². The molecule has 0 saturated heterocycles. The molecule has 1 atom stereocenters. The van der Waals surface area contributed by atoms with Gasteiger partial charge in [-0.25, -0.2) is 4.79 Å². The van der Waals surface area contributed by atoms with Crippen molar-refractivity contribution in [3.05, 3.63) is 12.4 Å². The van der Waals surface area contributed by atoms with E-state index in [2.05, 4.69) is 16.1 Å². The molecule has 188 valence electrons. The zero-order chi connectivity index (χ0) is 25.8. The summed E-state index contributed by atoms with van der Waals surface area (Å²) in [7, 11) is -6.59. The molecule has 0 aliphatic rings. The number of esters is 1. The zero-order valence-corrected chi connectivity index (χ0v) is 17.3. The number of halogens is 8. The molecule has 0 fully saturated rings. The molecule has 0 aromatic carbocycles. The fourth-order valence-corrected chi connectivity index (χ4v) is 2.33. The number of nitrogens with one attached hydrogen (secondary N) is 1. The lowest BCUT2D eigenvalue weighted by Gasteiger charge is -2.33. The molecule has 0 spiro atoms. The monoisotopic (exact) mass is 509 g/mol. The number of rotatable bonds is 12. The summed E-state index contributed by atoms with van der Waals surface area (Å²) < 4.78 is 144. The van der Waals surface area contributed by atoms with Gasteiger partial charge in [0.1, 0.15) is 0 Å². The third-order valence-electron chi connectivity index (χ3n) is 3.49. The molecule has 0 aliphatic heterocycles. The number of alkyl halides is 7. The van der Waals surface area contributed by atoms with Gasteiger partial charge in [-0.1, -0.05) is 20.4 Å². The standard InChI is InChI=1S/C15H19F8NO7S/c1-8(2)7-24-11(26)13(14(19,20)21,31-10(25)9(3)16)30-6-4-5-12(17,18)15(22,23)32(27,28)29/h8H,3-7H2,1-2H3,(H,24,26)(H,27,28,29). The van der Waals surface area contributed by atoms with E-state index in [-0.39, 0.29) is 0 Å². The van der Waals surface area contributed by atoms with Crippen molar-refractivity contribution in [2.45, 2.75) is 49.8 Å². The molecule has 2 N–H and O–H groups in total. The molecule has 0 bridgehead atoms. The molecule has 1 unspecified atom stereocenters. The van der Waals surface area contributed by atoms with Crippen LogP contribution in [0.2, 0.25) is 0 Å². The largest absolute Gasteiger partial charge is 0.466 e. The molecular weight excluding hydrogens is 490 g/mol. The highest BCUT2D eigenvalue weighted by molar-refractivity contribution is 7.87. The summed E-state index contributed by atoms with van der Waals surface area (Å²) in [6.07, 6.45) is -9.52. The number of carbonyl (C=O) groups is 2. The highest BCUT2D eigenvalue weighted by Crippen LogP contribution is 2.42. The van der Waals surface area contributed by atoms with E-state index in [1.807, 2.05) is 0 Å². The maximum Gasteiger partial charge on any atom is 0.466 e. The summed E-state index contributed by atoms with van der Waals surface area (Å²) in [4.78, 5) is 23.4. The third kappa shape index (κ3) is 6.99. The molecule has 0 radical (unpaired) electrons. The Bertz CT molecular complexity index is 813. The molecule has 0 heterocycles. The van der Waals surface area contributed by atoms with Crippen molar-refractivity contribution in [1.29, 1.82) is 0 Å². The highest BCUT2D eigenvalue weighted by atomic mass is 32.2. The molecule has 17 heteroatoms. The van der Waals surface area contributed by atoms with Gasteiger partial charge in [0.15, 0.2) is 0 Å². The molecule has 0 aromatic rings. The van der Waals surface area contributed by atoms with Crippen LogP contribution in [0.15, 0.2) is 12.4 Å². The predicted octanol–water partition coefficient (Wildman–Crippen LogP) is 2.96. The topological polar surface area (TPSA) is 119 Å². The van der Waals surface area contributed by atoms with Crippen molar-refractivity contribution in [2.75, 3.05) is 13.2 Å². The third-order valence-corrected chi connectivity index (χ3v) is 4.44. The quantitative estimate of drug-likeness (QED) is 0.104. The average Bonchev–Trinajstić information content (AvgIpc) is 2.59. The van der Waals surface area contributed by atoms with Gasteiger partial charge in [0.2, 0.25) is 5.83 Å². The first-order valence-electron chi connectivity index (χ1n) is 8.41. The smallest absolute Gasteiger partial charge is 0.410 e. The van der Waals surface area contributed by atoms with E-state index in [4.69, 9.17) is 4.55 Å². The second-order valence-electron chi connectivity index (χ2n) is 6.66. The minimum Gasteiger partial charge on any atom is -0.410 e. The van der Waals surface area contributed by atoms with Crippen LogP contribution in [0.25, 0.3) is 0 Å². The van der Waals surface area contributed by atoms with Crippen LogP contribution in [-0.4, -0.2) is 61.1 Å². The van der Waals surface area contributed by atoms with E-state index in [9.17, 15) is 53.1 Å². The Labute approximate surface area is 176 Å². The van der Waals surface area contributed by atoms with Crippen LogP contribution < -0.4 is 5.32 Å². The lowest BCUT2D eigenvalue weighted by atomic mass is 10.1. The first kappa shape index (κ1) is 30.0. The first-order valence-corrected chi connectivity index (χ1v) is 9.85. The Morgan fingerprint density at radius 3 is 1.97 bits per heavy atom. The Balaban J connectivity index is 5.78. The Hall–Kier alpha value is -2.01. The second-order valence-corrected chi connectivity index (χ2v) is 8.12. The van der Waals surface area contributed by atoms with E-state index in [1.165, 1.54) is 13.8 Å². The summed E-state index contributed by atoms with van der Waals surface area (Å²) in [5.74, 6) is -17.2. The Kier molecular flexibility index (Phi) is 9.64. The van der Waals surface area contributed by atoms with Crippen LogP contribution in [0, 0.1) is 5.92 Å². The van der Waals surface area contributed by atoms with E-state index in [0.717, 1.165) is 0 Å². The van der Waals surface area contributed by atoms with Gasteiger partial charge in [-0.3, -0.25) is 9.35 Å². The lowest BCUT2D eigenvalue weighted by molar-refractivity contribution is -0.347. The van der Waals surface area contributed by atoms with Crippen LogP contribution >= 0.6 is 0 Å². The van der Waals surface area contributed by atoms with Crippen molar-refractivity contribution < 1.29 is 67.2 Å². The fourth-order valence-electron chi connectivity index (χ4n) is 1.85. The van der Waals surface area contributed by atoms with E-state index < -0.39 is 82.9 Å². The number of carbonyl (C=O) groups excluding carboxylic acids is 2. The Morgan fingerprint density at radius 2 is 1.59 bits per heavy atom. The SMILES string of the molecule is C=C(F)C(=O)OC(OCCCC(F)(F)C(F)(F)S(=O)(=O)O)(C(=O)NCC(C)C)C(F)(F)F. The summed E-state index contributed by atoms with van der Waals surface area (Å²) in [5, 5.41) is -4.31. The minimum absolute atomic E-state index is 0.438. The second kappa shape index (κ2) is 10.3. The molecular formula is C15H19F8NO7S. The molecule has 8 nitrogen and oxygen atoms in total.